The van der Waals surface area contributed by atoms with Crippen LogP contribution < -0.4 is 10.5 Å². The predicted octanol–water partition coefficient (Wildman–Crippen LogP) is 3.16. The second-order valence-corrected chi connectivity index (χ2v) is 9.04. The van der Waals surface area contributed by atoms with Crippen LogP contribution in [-0.4, -0.2) is 25.1 Å². The van der Waals surface area contributed by atoms with Crippen molar-refractivity contribution in [3.05, 3.63) is 65.7 Å². The van der Waals surface area contributed by atoms with Gasteiger partial charge in [-0.15, -0.1) is 0 Å². The average molecular weight is 416 g/mol. The van der Waals surface area contributed by atoms with Crippen LogP contribution in [0.15, 0.2) is 64.5 Å². The molecule has 1 aromatic heterocycles. The number of nitrogens with one attached hydrogen (secondary N) is 1. The summed E-state index contributed by atoms with van der Waals surface area (Å²) in [4.78, 5) is 16.9. The van der Waals surface area contributed by atoms with Crippen molar-refractivity contribution in [2.45, 2.75) is 29.8 Å². The first-order valence-corrected chi connectivity index (χ1v) is 11.2. The van der Waals surface area contributed by atoms with Gasteiger partial charge in [0.15, 0.2) is 0 Å². The number of nitrogens with two attached hydrogens (primary N) is 1. The van der Waals surface area contributed by atoms with E-state index in [1.165, 1.54) is 23.9 Å². The van der Waals surface area contributed by atoms with Crippen molar-refractivity contribution >= 4 is 38.6 Å². The van der Waals surface area contributed by atoms with E-state index in [2.05, 4.69) is 10.3 Å². The van der Waals surface area contributed by atoms with E-state index in [1.54, 1.807) is 12.1 Å². The van der Waals surface area contributed by atoms with Crippen molar-refractivity contribution in [3.63, 3.8) is 0 Å². The van der Waals surface area contributed by atoms with Crippen LogP contribution >= 0.6 is 11.8 Å². The van der Waals surface area contributed by atoms with E-state index in [4.69, 9.17) is 5.14 Å². The number of amides is 1. The van der Waals surface area contributed by atoms with Crippen molar-refractivity contribution in [3.8, 4) is 0 Å². The van der Waals surface area contributed by atoms with Crippen LogP contribution in [0.1, 0.15) is 24.1 Å². The van der Waals surface area contributed by atoms with Crippen molar-refractivity contribution in [2.75, 3.05) is 5.75 Å². The van der Waals surface area contributed by atoms with Crippen LogP contribution in [0.5, 0.6) is 0 Å². The maximum absolute atomic E-state index is 12.3. The Morgan fingerprint density at radius 1 is 1.18 bits per heavy atom. The monoisotopic (exact) mass is 415 g/mol. The zero-order valence-electron chi connectivity index (χ0n) is 15.5. The lowest BCUT2D eigenvalue weighted by Crippen LogP contribution is -2.28. The van der Waals surface area contributed by atoms with E-state index < -0.39 is 10.0 Å². The Morgan fingerprint density at radius 2 is 1.86 bits per heavy atom. The number of nitrogens with zero attached hydrogens (tertiary/aromatic N) is 1. The molecular formula is C20H21N3O3S2. The number of sulfonamides is 1. The molecule has 28 heavy (non-hydrogen) atoms. The van der Waals surface area contributed by atoms with Gasteiger partial charge in [-0.3, -0.25) is 4.79 Å². The van der Waals surface area contributed by atoms with Gasteiger partial charge in [-0.25, -0.2) is 18.5 Å². The Kier molecular flexibility index (Phi) is 6.02. The number of thioether (sulfide) groups is 1. The predicted molar refractivity (Wildman–Crippen MR) is 112 cm³/mol. The molecule has 3 N–H and O–H groups in total. The summed E-state index contributed by atoms with van der Waals surface area (Å²) in [6.45, 7) is 3.87. The Bertz CT molecular complexity index is 1110. The fraction of sp³-hybridized carbons (Fsp3) is 0.200. The van der Waals surface area contributed by atoms with E-state index in [-0.39, 0.29) is 22.6 Å². The summed E-state index contributed by atoms with van der Waals surface area (Å²) in [5, 5.41) is 9.91. The summed E-state index contributed by atoms with van der Waals surface area (Å²) in [5.41, 5.74) is 2.83. The minimum atomic E-state index is -3.72. The second-order valence-electron chi connectivity index (χ2n) is 6.49. The van der Waals surface area contributed by atoms with Gasteiger partial charge in [0.2, 0.25) is 15.9 Å². The number of carbonyl (C=O) groups is 1. The summed E-state index contributed by atoms with van der Waals surface area (Å²) in [6, 6.07) is 15.8. The zero-order chi connectivity index (χ0) is 20.3. The molecule has 0 aliphatic heterocycles. The minimum absolute atomic E-state index is 0.0445. The van der Waals surface area contributed by atoms with Gasteiger partial charge in [-0.05, 0) is 49.2 Å². The summed E-state index contributed by atoms with van der Waals surface area (Å²) >= 11 is 1.38. The largest absolute Gasteiger partial charge is 0.349 e. The third-order valence-corrected chi connectivity index (χ3v) is 6.18. The Balaban J connectivity index is 1.61. The first-order chi connectivity index (χ1) is 13.2. The lowest BCUT2D eigenvalue weighted by atomic mass is 10.1. The molecule has 2 aromatic carbocycles. The van der Waals surface area contributed by atoms with Gasteiger partial charge in [0, 0.05) is 5.39 Å². The molecule has 3 aromatic rings. The standard InChI is InChI=1S/C20H21N3O3S2/c1-13-11-20(23-18-6-4-3-5-17(13)18)27-12-19(24)22-14(2)15-7-9-16(10-8-15)28(21,25)26/h3-11,14H,12H2,1-2H3,(H,22,24)(H2,21,25,26)/t14-/m0/s1. The zero-order valence-corrected chi connectivity index (χ0v) is 17.2. The molecule has 1 atom stereocenters. The second kappa shape index (κ2) is 8.30. The number of hydrogen-bond donors (Lipinski definition) is 2. The summed E-state index contributed by atoms with van der Waals surface area (Å²) < 4.78 is 22.6. The third-order valence-electron chi connectivity index (χ3n) is 4.34. The van der Waals surface area contributed by atoms with Crippen molar-refractivity contribution in [1.29, 1.82) is 0 Å². The minimum Gasteiger partial charge on any atom is -0.349 e. The molecule has 3 rings (SSSR count). The van der Waals surface area contributed by atoms with Gasteiger partial charge in [-0.1, -0.05) is 42.1 Å². The Morgan fingerprint density at radius 3 is 2.54 bits per heavy atom. The Hall–Kier alpha value is -2.42. The summed E-state index contributed by atoms with van der Waals surface area (Å²) in [5.74, 6) is 0.116. The number of pyridine rings is 1. The number of fused-ring (bicyclic) bond motifs is 1. The van der Waals surface area contributed by atoms with Gasteiger partial charge in [-0.2, -0.15) is 0 Å². The number of carbonyl (C=O) groups excluding carboxylic acids is 1. The van der Waals surface area contributed by atoms with Crippen LogP contribution in [0.2, 0.25) is 0 Å². The molecule has 6 nitrogen and oxygen atoms in total. The molecule has 0 aliphatic carbocycles. The van der Waals surface area contributed by atoms with Gasteiger partial charge in [0.05, 0.1) is 27.2 Å². The number of para-hydroxylation sites is 1. The number of rotatable bonds is 6. The highest BCUT2D eigenvalue weighted by atomic mass is 32.2. The van der Waals surface area contributed by atoms with Crippen LogP contribution in [0, 0.1) is 6.92 Å². The summed E-state index contributed by atoms with van der Waals surface area (Å²) in [6.07, 6.45) is 0. The maximum atomic E-state index is 12.3. The first-order valence-electron chi connectivity index (χ1n) is 8.65. The van der Waals surface area contributed by atoms with E-state index in [9.17, 15) is 13.2 Å². The molecule has 0 unspecified atom stereocenters. The van der Waals surface area contributed by atoms with E-state index >= 15 is 0 Å². The Labute approximate surface area is 168 Å². The van der Waals surface area contributed by atoms with E-state index in [1.807, 2.05) is 44.2 Å². The van der Waals surface area contributed by atoms with Crippen molar-refractivity contribution in [1.82, 2.24) is 10.3 Å². The highest BCUT2D eigenvalue weighted by Crippen LogP contribution is 2.23. The quantitative estimate of drug-likeness (QED) is 0.602. The maximum Gasteiger partial charge on any atom is 0.238 e. The van der Waals surface area contributed by atoms with Crippen LogP contribution in [0.25, 0.3) is 10.9 Å². The van der Waals surface area contributed by atoms with Gasteiger partial charge in [0.1, 0.15) is 0 Å². The van der Waals surface area contributed by atoms with E-state index in [0.29, 0.717) is 0 Å². The molecule has 1 heterocycles. The highest BCUT2D eigenvalue weighted by molar-refractivity contribution is 7.99. The first kappa shape index (κ1) is 20.3. The van der Waals surface area contributed by atoms with Gasteiger partial charge >= 0.3 is 0 Å². The number of aromatic nitrogens is 1. The van der Waals surface area contributed by atoms with Crippen LogP contribution in [0.3, 0.4) is 0 Å². The lowest BCUT2D eigenvalue weighted by Gasteiger charge is -2.14. The number of hydrogen-bond acceptors (Lipinski definition) is 5. The number of primary sulfonamides is 1. The van der Waals surface area contributed by atoms with Crippen LogP contribution in [0.4, 0.5) is 0 Å². The van der Waals surface area contributed by atoms with E-state index in [0.717, 1.165) is 27.1 Å². The molecule has 0 aliphatic rings. The molecule has 0 saturated heterocycles. The third kappa shape index (κ3) is 4.89. The topological polar surface area (TPSA) is 102 Å². The SMILES string of the molecule is Cc1cc(SCC(=O)N[C@@H](C)c2ccc(S(N)(=O)=O)cc2)nc2ccccc12. The smallest absolute Gasteiger partial charge is 0.238 e. The number of aryl methyl sites for hydroxylation is 1. The van der Waals surface area contributed by atoms with Crippen LogP contribution in [-0.2, 0) is 14.8 Å². The molecular weight excluding hydrogens is 394 g/mol. The summed E-state index contributed by atoms with van der Waals surface area (Å²) in [7, 11) is -3.72. The van der Waals surface area contributed by atoms with Gasteiger partial charge in [0.25, 0.3) is 0 Å². The molecule has 0 saturated carbocycles. The molecule has 8 heteroatoms. The van der Waals surface area contributed by atoms with Crippen molar-refractivity contribution < 1.29 is 13.2 Å². The molecule has 0 fully saturated rings. The molecule has 0 radical (unpaired) electrons. The molecule has 1 amide bonds. The highest BCUT2D eigenvalue weighted by Gasteiger charge is 2.13. The number of benzene rings is 2. The normalized spacial score (nSPS) is 12.7. The molecule has 0 spiro atoms. The fourth-order valence-corrected chi connectivity index (χ4v) is 4.15. The average Bonchev–Trinajstić information content (AvgIpc) is 2.66. The van der Waals surface area contributed by atoms with Gasteiger partial charge < -0.3 is 5.32 Å². The lowest BCUT2D eigenvalue weighted by molar-refractivity contribution is -0.119. The molecule has 0 bridgehead atoms. The molecule has 146 valence electrons. The van der Waals surface area contributed by atoms with Crippen molar-refractivity contribution in [2.24, 2.45) is 5.14 Å². The fourth-order valence-electron chi connectivity index (χ4n) is 2.84.